The Kier molecular flexibility index (Phi) is 16.9. The Labute approximate surface area is 139 Å². The topological polar surface area (TPSA) is 15.3 Å². The maximum atomic E-state index is 4.25. The van der Waals surface area contributed by atoms with E-state index in [0.29, 0.717) is 0 Å². The monoisotopic (exact) mass is 316 g/mol. The van der Waals surface area contributed by atoms with Crippen molar-refractivity contribution in [2.75, 3.05) is 32.9 Å². The zero-order chi connectivity index (χ0) is 15.8. The molecule has 0 aliphatic heterocycles. The molecule has 0 aliphatic carbocycles. The van der Waals surface area contributed by atoms with E-state index in [1.165, 1.54) is 83.7 Å². The first kappa shape index (κ1) is 21.3. The molecule has 0 spiro atoms. The zero-order valence-electron chi connectivity index (χ0n) is 14.9. The molecule has 0 rings (SSSR count). The van der Waals surface area contributed by atoms with Crippen molar-refractivity contribution in [1.82, 2.24) is 10.2 Å². The van der Waals surface area contributed by atoms with E-state index in [1.807, 2.05) is 0 Å². The van der Waals surface area contributed by atoms with Gasteiger partial charge in [-0.05, 0) is 65.0 Å². The third kappa shape index (κ3) is 16.5. The lowest BCUT2D eigenvalue weighted by atomic mass is 10.0. The van der Waals surface area contributed by atoms with Crippen LogP contribution in [0.3, 0.4) is 0 Å². The molecule has 0 fully saturated rings. The van der Waals surface area contributed by atoms with E-state index < -0.39 is 0 Å². The molecule has 2 nitrogen and oxygen atoms in total. The largest absolute Gasteiger partial charge is 0.314 e. The van der Waals surface area contributed by atoms with Crippen LogP contribution in [0.5, 0.6) is 0 Å². The molecule has 1 atom stereocenters. The van der Waals surface area contributed by atoms with Gasteiger partial charge in [0.2, 0.25) is 0 Å². The Balaban J connectivity index is 3.32. The van der Waals surface area contributed by atoms with E-state index in [4.69, 9.17) is 0 Å². The number of nitrogens with zero attached hydrogens (tertiary/aromatic N) is 1. The molecule has 0 bridgehead atoms. The number of thiol groups is 1. The van der Waals surface area contributed by atoms with Crippen LogP contribution in [0.4, 0.5) is 0 Å². The molecule has 0 heterocycles. The Hall–Kier alpha value is 0.270. The molecule has 0 saturated heterocycles. The number of hydrogen-bond donors (Lipinski definition) is 2. The summed E-state index contributed by atoms with van der Waals surface area (Å²) in [6.07, 6.45) is 14.9. The number of nitrogens with one attached hydrogen (secondary N) is 1. The van der Waals surface area contributed by atoms with Gasteiger partial charge in [-0.1, -0.05) is 45.4 Å². The van der Waals surface area contributed by atoms with Crippen LogP contribution in [-0.4, -0.2) is 43.9 Å². The highest BCUT2D eigenvalue weighted by atomic mass is 32.1. The van der Waals surface area contributed by atoms with Crippen molar-refractivity contribution in [2.45, 2.75) is 83.6 Å². The van der Waals surface area contributed by atoms with Gasteiger partial charge in [0.05, 0.1) is 0 Å². The van der Waals surface area contributed by atoms with Crippen LogP contribution in [0.25, 0.3) is 0 Å². The highest BCUT2D eigenvalue weighted by molar-refractivity contribution is 7.80. The maximum Gasteiger partial charge on any atom is 0.00644 e. The second kappa shape index (κ2) is 16.6. The van der Waals surface area contributed by atoms with Gasteiger partial charge in [-0.2, -0.15) is 12.6 Å². The van der Waals surface area contributed by atoms with Crippen LogP contribution in [0.15, 0.2) is 0 Å². The fraction of sp³-hybridized carbons (Fsp3) is 1.00. The second-order valence-electron chi connectivity index (χ2n) is 6.56. The highest BCUT2D eigenvalue weighted by Crippen LogP contribution is 2.10. The Morgan fingerprint density at radius 2 is 1.48 bits per heavy atom. The van der Waals surface area contributed by atoms with Crippen molar-refractivity contribution in [3.63, 3.8) is 0 Å². The quantitative estimate of drug-likeness (QED) is 0.316. The van der Waals surface area contributed by atoms with Gasteiger partial charge in [-0.25, -0.2) is 0 Å². The van der Waals surface area contributed by atoms with E-state index in [9.17, 15) is 0 Å². The van der Waals surface area contributed by atoms with Crippen molar-refractivity contribution in [3.8, 4) is 0 Å². The summed E-state index contributed by atoms with van der Waals surface area (Å²) in [5, 5.41) is 3.74. The minimum absolute atomic E-state index is 0.747. The summed E-state index contributed by atoms with van der Waals surface area (Å²) >= 11 is 4.25. The van der Waals surface area contributed by atoms with Gasteiger partial charge in [0.1, 0.15) is 0 Å². The predicted molar refractivity (Wildman–Crippen MR) is 101 cm³/mol. The van der Waals surface area contributed by atoms with Crippen molar-refractivity contribution >= 4 is 12.6 Å². The van der Waals surface area contributed by atoms with Gasteiger partial charge in [-0.15, -0.1) is 0 Å². The Bertz CT molecular complexity index is 198. The molecule has 1 N–H and O–H groups in total. The third-order valence-corrected chi connectivity index (χ3v) is 4.48. The van der Waals surface area contributed by atoms with Gasteiger partial charge in [-0.3, -0.25) is 0 Å². The number of hydrogen-bond acceptors (Lipinski definition) is 3. The second-order valence-corrected chi connectivity index (χ2v) is 7.00. The molecule has 128 valence electrons. The molecular formula is C18H40N2S. The first-order valence-corrected chi connectivity index (χ1v) is 9.83. The van der Waals surface area contributed by atoms with Crippen LogP contribution < -0.4 is 5.32 Å². The van der Waals surface area contributed by atoms with Gasteiger partial charge >= 0.3 is 0 Å². The lowest BCUT2D eigenvalue weighted by Gasteiger charge is -2.17. The molecule has 0 aliphatic rings. The molecule has 3 heteroatoms. The van der Waals surface area contributed by atoms with E-state index >= 15 is 0 Å². The zero-order valence-corrected chi connectivity index (χ0v) is 15.8. The van der Waals surface area contributed by atoms with Crippen molar-refractivity contribution in [2.24, 2.45) is 0 Å². The van der Waals surface area contributed by atoms with Crippen molar-refractivity contribution in [1.29, 1.82) is 0 Å². The SMILES string of the molecule is CCC(CCCCCCCN(C)C)NCCCCCCS. The first-order chi connectivity index (χ1) is 10.2. The first-order valence-electron chi connectivity index (χ1n) is 9.19. The van der Waals surface area contributed by atoms with Gasteiger partial charge in [0.15, 0.2) is 0 Å². The summed E-state index contributed by atoms with van der Waals surface area (Å²) < 4.78 is 0. The minimum Gasteiger partial charge on any atom is -0.314 e. The van der Waals surface area contributed by atoms with E-state index in [0.717, 1.165) is 11.8 Å². The molecular weight excluding hydrogens is 276 g/mol. The summed E-state index contributed by atoms with van der Waals surface area (Å²) in [6, 6.07) is 0.747. The van der Waals surface area contributed by atoms with E-state index in [-0.39, 0.29) is 0 Å². The van der Waals surface area contributed by atoms with Crippen LogP contribution in [-0.2, 0) is 0 Å². The normalized spacial score (nSPS) is 13.0. The summed E-state index contributed by atoms with van der Waals surface area (Å²) in [4.78, 5) is 2.29. The van der Waals surface area contributed by atoms with Crippen molar-refractivity contribution < 1.29 is 0 Å². The van der Waals surface area contributed by atoms with Crippen LogP contribution in [0.2, 0.25) is 0 Å². The molecule has 0 saturated carbocycles. The van der Waals surface area contributed by atoms with Gasteiger partial charge in [0, 0.05) is 6.04 Å². The van der Waals surface area contributed by atoms with Crippen molar-refractivity contribution in [3.05, 3.63) is 0 Å². The lowest BCUT2D eigenvalue weighted by Crippen LogP contribution is -2.29. The average molecular weight is 317 g/mol. The van der Waals surface area contributed by atoms with Crippen LogP contribution in [0, 0.1) is 0 Å². The predicted octanol–water partition coefficient (Wildman–Crippen LogP) is 4.75. The smallest absolute Gasteiger partial charge is 0.00644 e. The molecule has 0 radical (unpaired) electrons. The molecule has 0 aromatic rings. The molecule has 0 aromatic carbocycles. The lowest BCUT2D eigenvalue weighted by molar-refractivity contribution is 0.386. The van der Waals surface area contributed by atoms with Crippen LogP contribution >= 0.6 is 12.6 Å². The van der Waals surface area contributed by atoms with Gasteiger partial charge in [0.25, 0.3) is 0 Å². The highest BCUT2D eigenvalue weighted by Gasteiger charge is 2.04. The van der Waals surface area contributed by atoms with E-state index in [1.54, 1.807) is 0 Å². The summed E-state index contributed by atoms with van der Waals surface area (Å²) in [7, 11) is 4.33. The molecule has 0 amide bonds. The number of rotatable bonds is 16. The molecule has 1 unspecified atom stereocenters. The molecule has 0 aromatic heterocycles. The van der Waals surface area contributed by atoms with Gasteiger partial charge < -0.3 is 10.2 Å². The summed E-state index contributed by atoms with van der Waals surface area (Å²) in [5.74, 6) is 1.04. The van der Waals surface area contributed by atoms with E-state index in [2.05, 4.69) is 43.9 Å². The maximum absolute atomic E-state index is 4.25. The summed E-state index contributed by atoms with van der Waals surface area (Å²) in [5.41, 5.74) is 0. The Morgan fingerprint density at radius 1 is 0.857 bits per heavy atom. The average Bonchev–Trinajstić information content (AvgIpc) is 2.47. The summed E-state index contributed by atoms with van der Waals surface area (Å²) in [6.45, 7) is 4.76. The third-order valence-electron chi connectivity index (χ3n) is 4.17. The molecule has 21 heavy (non-hydrogen) atoms. The number of unbranched alkanes of at least 4 members (excludes halogenated alkanes) is 7. The van der Waals surface area contributed by atoms with Crippen LogP contribution in [0.1, 0.15) is 77.6 Å². The fourth-order valence-electron chi connectivity index (χ4n) is 2.70. The minimum atomic E-state index is 0.747. The fourth-order valence-corrected chi connectivity index (χ4v) is 2.92. The standard InChI is InChI=1S/C18H40N2S/c1-4-18(19-15-11-7-9-13-17-21)14-10-6-5-8-12-16-20(2)3/h18-19,21H,4-17H2,1-3H3. The Morgan fingerprint density at radius 3 is 2.14 bits per heavy atom.